The highest BCUT2D eigenvalue weighted by molar-refractivity contribution is 7.07. The molecule has 84 valence electrons. The maximum absolute atomic E-state index is 5.54. The summed E-state index contributed by atoms with van der Waals surface area (Å²) in [6, 6.07) is 1.65. The van der Waals surface area contributed by atoms with E-state index in [4.69, 9.17) is 11.5 Å². The fourth-order valence-electron chi connectivity index (χ4n) is 1.26. The summed E-state index contributed by atoms with van der Waals surface area (Å²) in [5.41, 5.74) is 13.9. The Labute approximate surface area is 96.7 Å². The Morgan fingerprint density at radius 3 is 2.88 bits per heavy atom. The Bertz CT molecular complexity index is 435. The number of thiazole rings is 1. The predicted molar refractivity (Wildman–Crippen MR) is 65.2 cm³/mol. The van der Waals surface area contributed by atoms with Gasteiger partial charge < -0.3 is 16.8 Å². The third kappa shape index (κ3) is 2.80. The first-order valence-electron chi connectivity index (χ1n) is 4.75. The Kier molecular flexibility index (Phi) is 3.16. The zero-order chi connectivity index (χ0) is 11.4. The topological polar surface area (TPSA) is 103 Å². The Hall–Kier alpha value is -1.89. The maximum Gasteiger partial charge on any atom is 0.223 e. The Balaban J connectivity index is 1.89. The minimum Gasteiger partial charge on any atom is -0.383 e. The van der Waals surface area contributed by atoms with E-state index in [1.165, 1.54) is 0 Å². The minimum atomic E-state index is 0.177. The monoisotopic (exact) mass is 236 g/mol. The number of anilines is 3. The van der Waals surface area contributed by atoms with Crippen LogP contribution in [0.25, 0.3) is 0 Å². The van der Waals surface area contributed by atoms with Crippen LogP contribution in [0.5, 0.6) is 0 Å². The molecular weight excluding hydrogens is 224 g/mol. The summed E-state index contributed by atoms with van der Waals surface area (Å²) in [5.74, 6) is 1.18. The van der Waals surface area contributed by atoms with Crippen molar-refractivity contribution in [2.24, 2.45) is 0 Å². The highest BCUT2D eigenvalue weighted by atomic mass is 32.1. The average Bonchev–Trinajstić information content (AvgIpc) is 2.69. The van der Waals surface area contributed by atoms with E-state index in [0.717, 1.165) is 18.7 Å². The van der Waals surface area contributed by atoms with Gasteiger partial charge >= 0.3 is 0 Å². The van der Waals surface area contributed by atoms with Gasteiger partial charge in [-0.2, -0.15) is 9.97 Å². The van der Waals surface area contributed by atoms with Crippen LogP contribution >= 0.6 is 11.3 Å². The molecule has 0 atom stereocenters. The number of rotatable bonds is 4. The number of hydrogen-bond donors (Lipinski definition) is 3. The third-order valence-electron chi connectivity index (χ3n) is 1.93. The molecular formula is C9H12N6S. The van der Waals surface area contributed by atoms with Crippen LogP contribution in [0, 0.1) is 0 Å². The van der Waals surface area contributed by atoms with Crippen molar-refractivity contribution in [1.29, 1.82) is 0 Å². The van der Waals surface area contributed by atoms with Crippen LogP contribution in [0.2, 0.25) is 0 Å². The summed E-state index contributed by atoms with van der Waals surface area (Å²) in [4.78, 5) is 12.0. The Morgan fingerprint density at radius 1 is 1.31 bits per heavy atom. The fourth-order valence-corrected chi connectivity index (χ4v) is 1.85. The van der Waals surface area contributed by atoms with E-state index in [-0.39, 0.29) is 5.95 Å². The average molecular weight is 236 g/mol. The molecule has 6 nitrogen and oxygen atoms in total. The first-order valence-corrected chi connectivity index (χ1v) is 5.69. The Morgan fingerprint density at radius 2 is 2.19 bits per heavy atom. The first-order chi connectivity index (χ1) is 7.74. The summed E-state index contributed by atoms with van der Waals surface area (Å²) in [6.45, 7) is 0.736. The summed E-state index contributed by atoms with van der Waals surface area (Å²) in [6.07, 6.45) is 0.841. The second-order valence-electron chi connectivity index (χ2n) is 3.19. The van der Waals surface area contributed by atoms with Gasteiger partial charge in [-0.1, -0.05) is 0 Å². The molecule has 16 heavy (non-hydrogen) atoms. The van der Waals surface area contributed by atoms with Crippen LogP contribution in [0.3, 0.4) is 0 Å². The molecule has 0 saturated heterocycles. The van der Waals surface area contributed by atoms with Crippen LogP contribution in [0.1, 0.15) is 5.69 Å². The van der Waals surface area contributed by atoms with Gasteiger partial charge in [0.2, 0.25) is 5.95 Å². The van der Waals surface area contributed by atoms with E-state index in [2.05, 4.69) is 20.3 Å². The van der Waals surface area contributed by atoms with Gasteiger partial charge in [0.25, 0.3) is 0 Å². The standard InChI is InChI=1S/C9H12N6S/c10-7-3-8(15-9(11)14-7)12-2-1-6-4-16-5-13-6/h3-5H,1-2H2,(H5,10,11,12,14,15). The van der Waals surface area contributed by atoms with Crippen LogP contribution < -0.4 is 16.8 Å². The fraction of sp³-hybridized carbons (Fsp3) is 0.222. The molecule has 7 heteroatoms. The van der Waals surface area contributed by atoms with E-state index < -0.39 is 0 Å². The molecule has 2 aromatic heterocycles. The summed E-state index contributed by atoms with van der Waals surface area (Å²) in [7, 11) is 0. The second-order valence-corrected chi connectivity index (χ2v) is 3.91. The van der Waals surface area contributed by atoms with Gasteiger partial charge in [-0.05, 0) is 0 Å². The third-order valence-corrected chi connectivity index (χ3v) is 2.57. The van der Waals surface area contributed by atoms with Gasteiger partial charge in [0.05, 0.1) is 11.2 Å². The van der Waals surface area contributed by atoms with Gasteiger partial charge in [0, 0.05) is 24.4 Å². The normalized spacial score (nSPS) is 10.2. The van der Waals surface area contributed by atoms with Crippen molar-refractivity contribution in [1.82, 2.24) is 15.0 Å². The number of nitrogens with zero attached hydrogens (tertiary/aromatic N) is 3. The molecule has 0 fully saturated rings. The van der Waals surface area contributed by atoms with Gasteiger partial charge in [0.15, 0.2) is 0 Å². The summed E-state index contributed by atoms with van der Waals surface area (Å²) >= 11 is 1.59. The molecule has 0 unspecified atom stereocenters. The van der Waals surface area contributed by atoms with Crippen LogP contribution in [-0.2, 0) is 6.42 Å². The zero-order valence-corrected chi connectivity index (χ0v) is 9.37. The number of hydrogen-bond acceptors (Lipinski definition) is 7. The molecule has 0 aliphatic rings. The zero-order valence-electron chi connectivity index (χ0n) is 8.55. The largest absolute Gasteiger partial charge is 0.383 e. The van der Waals surface area contributed by atoms with Crippen molar-refractivity contribution in [3.63, 3.8) is 0 Å². The molecule has 0 aliphatic heterocycles. The number of nitrogen functional groups attached to an aromatic ring is 2. The highest BCUT2D eigenvalue weighted by Gasteiger charge is 1.99. The minimum absolute atomic E-state index is 0.177. The van der Waals surface area contributed by atoms with Crippen LogP contribution in [-0.4, -0.2) is 21.5 Å². The van der Waals surface area contributed by atoms with Crippen LogP contribution in [0.4, 0.5) is 17.6 Å². The maximum atomic E-state index is 5.54. The van der Waals surface area contributed by atoms with Gasteiger partial charge in [0.1, 0.15) is 11.6 Å². The van der Waals surface area contributed by atoms with Gasteiger partial charge in [-0.25, -0.2) is 4.98 Å². The molecule has 0 bridgehead atoms. The highest BCUT2D eigenvalue weighted by Crippen LogP contribution is 2.09. The molecule has 2 heterocycles. The lowest BCUT2D eigenvalue weighted by molar-refractivity contribution is 0.966. The van der Waals surface area contributed by atoms with Crippen molar-refractivity contribution < 1.29 is 0 Å². The van der Waals surface area contributed by atoms with Crippen molar-refractivity contribution in [3.8, 4) is 0 Å². The molecule has 0 saturated carbocycles. The second kappa shape index (κ2) is 4.75. The van der Waals surface area contributed by atoms with Gasteiger partial charge in [-0.15, -0.1) is 11.3 Å². The molecule has 0 aliphatic carbocycles. The van der Waals surface area contributed by atoms with E-state index in [1.54, 1.807) is 17.4 Å². The van der Waals surface area contributed by atoms with Crippen molar-refractivity contribution in [3.05, 3.63) is 22.7 Å². The van der Waals surface area contributed by atoms with E-state index >= 15 is 0 Å². The number of nitrogens with two attached hydrogens (primary N) is 2. The molecule has 2 aromatic rings. The number of nitrogens with one attached hydrogen (secondary N) is 1. The summed E-state index contributed by atoms with van der Waals surface area (Å²) in [5, 5.41) is 5.14. The molecule has 0 radical (unpaired) electrons. The predicted octanol–water partition coefficient (Wildman–Crippen LogP) is 0.752. The lowest BCUT2D eigenvalue weighted by Crippen LogP contribution is -2.09. The van der Waals surface area contributed by atoms with E-state index in [1.807, 2.05) is 10.9 Å². The molecule has 0 spiro atoms. The van der Waals surface area contributed by atoms with Crippen molar-refractivity contribution in [2.75, 3.05) is 23.3 Å². The smallest absolute Gasteiger partial charge is 0.223 e. The lowest BCUT2D eigenvalue weighted by Gasteiger charge is -2.05. The first kappa shape index (κ1) is 10.6. The molecule has 0 amide bonds. The molecule has 5 N–H and O–H groups in total. The van der Waals surface area contributed by atoms with Crippen LogP contribution in [0.15, 0.2) is 17.0 Å². The molecule has 0 aromatic carbocycles. The van der Waals surface area contributed by atoms with Gasteiger partial charge in [-0.3, -0.25) is 0 Å². The number of aromatic nitrogens is 3. The van der Waals surface area contributed by atoms with Crippen molar-refractivity contribution in [2.45, 2.75) is 6.42 Å². The van der Waals surface area contributed by atoms with E-state index in [9.17, 15) is 0 Å². The SMILES string of the molecule is Nc1cc(NCCc2cscn2)nc(N)n1. The van der Waals surface area contributed by atoms with E-state index in [0.29, 0.717) is 11.6 Å². The van der Waals surface area contributed by atoms with Crippen molar-refractivity contribution >= 4 is 28.9 Å². The quantitative estimate of drug-likeness (QED) is 0.724. The lowest BCUT2D eigenvalue weighted by atomic mass is 10.3. The molecule has 2 rings (SSSR count). The summed E-state index contributed by atoms with van der Waals surface area (Å²) < 4.78 is 0.